The van der Waals surface area contributed by atoms with Gasteiger partial charge >= 0.3 is 0 Å². The van der Waals surface area contributed by atoms with Crippen molar-refractivity contribution < 1.29 is 8.42 Å². The van der Waals surface area contributed by atoms with Gasteiger partial charge in [-0.1, -0.05) is 13.8 Å². The molecule has 1 aliphatic rings. The summed E-state index contributed by atoms with van der Waals surface area (Å²) >= 11 is 4.35. The molecule has 0 aromatic carbocycles. The largest absolute Gasteiger partial charge is 0.251 e. The molecular formula is C10H11BrN2O2S2. The number of rotatable bonds is 3. The molecule has 0 radical (unpaired) electrons. The van der Waals surface area contributed by atoms with Gasteiger partial charge in [0.25, 0.3) is 10.0 Å². The molecule has 7 heteroatoms. The molecule has 1 aromatic heterocycles. The molecule has 92 valence electrons. The molecule has 1 aliphatic carbocycles. The Kier molecular flexibility index (Phi) is 2.90. The van der Waals surface area contributed by atoms with E-state index in [9.17, 15) is 8.42 Å². The molecule has 1 unspecified atom stereocenters. The highest BCUT2D eigenvalue weighted by Gasteiger charge is 2.64. The average Bonchev–Trinajstić information content (AvgIpc) is 2.60. The number of nitriles is 1. The van der Waals surface area contributed by atoms with Gasteiger partial charge in [0.15, 0.2) is 0 Å². The lowest BCUT2D eigenvalue weighted by Crippen LogP contribution is -2.38. The van der Waals surface area contributed by atoms with Gasteiger partial charge in [-0.15, -0.1) is 11.3 Å². The molecule has 2 rings (SSSR count). The monoisotopic (exact) mass is 334 g/mol. The molecule has 0 aliphatic heterocycles. The quantitative estimate of drug-likeness (QED) is 0.923. The van der Waals surface area contributed by atoms with Crippen LogP contribution in [0.25, 0.3) is 0 Å². The van der Waals surface area contributed by atoms with Gasteiger partial charge in [0.1, 0.15) is 9.75 Å². The van der Waals surface area contributed by atoms with E-state index in [1.807, 2.05) is 13.8 Å². The summed E-state index contributed by atoms with van der Waals surface area (Å²) in [5.41, 5.74) is -1.26. The zero-order valence-electron chi connectivity index (χ0n) is 9.32. The maximum absolute atomic E-state index is 12.1. The van der Waals surface area contributed by atoms with E-state index in [2.05, 4.69) is 26.7 Å². The third kappa shape index (κ3) is 2.15. The van der Waals surface area contributed by atoms with Crippen LogP contribution in [0.1, 0.15) is 20.3 Å². The van der Waals surface area contributed by atoms with Crippen LogP contribution >= 0.6 is 27.3 Å². The van der Waals surface area contributed by atoms with Crippen LogP contribution in [0.4, 0.5) is 0 Å². The minimum atomic E-state index is -3.60. The van der Waals surface area contributed by atoms with E-state index in [0.29, 0.717) is 6.42 Å². The molecule has 1 N–H and O–H groups in total. The van der Waals surface area contributed by atoms with Crippen LogP contribution < -0.4 is 4.72 Å². The number of thiophene rings is 1. The fourth-order valence-corrected chi connectivity index (χ4v) is 5.20. The smallest absolute Gasteiger partial charge is 0.206 e. The zero-order valence-corrected chi connectivity index (χ0v) is 12.5. The number of hydrogen-bond donors (Lipinski definition) is 1. The summed E-state index contributed by atoms with van der Waals surface area (Å²) in [4.78, 5) is 0. The van der Waals surface area contributed by atoms with Crippen molar-refractivity contribution in [3.8, 4) is 6.07 Å². The summed E-state index contributed by atoms with van der Waals surface area (Å²) in [6.45, 7) is 3.76. The lowest BCUT2D eigenvalue weighted by molar-refractivity contribution is 0.514. The van der Waals surface area contributed by atoms with Gasteiger partial charge in [0.2, 0.25) is 0 Å². The summed E-state index contributed by atoms with van der Waals surface area (Å²) in [6.07, 6.45) is 0.544. The van der Waals surface area contributed by atoms with Gasteiger partial charge < -0.3 is 0 Å². The Bertz CT molecular complexity index is 600. The van der Waals surface area contributed by atoms with Gasteiger partial charge in [0, 0.05) is 5.41 Å². The van der Waals surface area contributed by atoms with E-state index in [4.69, 9.17) is 5.26 Å². The Morgan fingerprint density at radius 2 is 2.12 bits per heavy atom. The standard InChI is InChI=1S/C10H11BrN2O2S2/c1-9(2)5-10(9,6-12)13-17(14,15)8-4-3-7(11)16-8/h3-4,13H,5H2,1-2H3. The normalized spacial score (nSPS) is 26.5. The highest BCUT2D eigenvalue weighted by molar-refractivity contribution is 9.11. The Morgan fingerprint density at radius 3 is 2.47 bits per heavy atom. The molecule has 4 nitrogen and oxygen atoms in total. The van der Waals surface area contributed by atoms with Gasteiger partial charge in [-0.25, -0.2) is 8.42 Å². The number of nitrogens with zero attached hydrogens (tertiary/aromatic N) is 1. The van der Waals surface area contributed by atoms with Gasteiger partial charge in [-0.3, -0.25) is 0 Å². The molecular weight excluding hydrogens is 324 g/mol. The molecule has 17 heavy (non-hydrogen) atoms. The Labute approximate surface area is 113 Å². The molecule has 1 aromatic rings. The predicted octanol–water partition coefficient (Wildman–Crippen LogP) is 2.48. The summed E-state index contributed by atoms with van der Waals surface area (Å²) < 4.78 is 27.6. The third-order valence-electron chi connectivity index (χ3n) is 3.05. The summed E-state index contributed by atoms with van der Waals surface area (Å²) in [5, 5.41) is 9.12. The lowest BCUT2D eigenvalue weighted by Gasteiger charge is -2.13. The van der Waals surface area contributed by atoms with Crippen molar-refractivity contribution in [3.63, 3.8) is 0 Å². The molecule has 0 spiro atoms. The second-order valence-electron chi connectivity index (χ2n) is 4.74. The molecule has 1 fully saturated rings. The minimum Gasteiger partial charge on any atom is -0.206 e. The van der Waals surface area contributed by atoms with E-state index >= 15 is 0 Å². The summed E-state index contributed by atoms with van der Waals surface area (Å²) in [5.74, 6) is 0. The number of nitrogens with one attached hydrogen (secondary N) is 1. The minimum absolute atomic E-state index is 0.224. The highest BCUT2D eigenvalue weighted by atomic mass is 79.9. The number of hydrogen-bond acceptors (Lipinski definition) is 4. The first-order valence-corrected chi connectivity index (χ1v) is 8.02. The van der Waals surface area contributed by atoms with Crippen LogP contribution in [0.5, 0.6) is 0 Å². The maximum Gasteiger partial charge on any atom is 0.251 e. The highest BCUT2D eigenvalue weighted by Crippen LogP contribution is 2.55. The number of sulfonamides is 1. The molecule has 0 saturated heterocycles. The first-order chi connectivity index (χ1) is 7.72. The Balaban J connectivity index is 2.29. The van der Waals surface area contributed by atoms with E-state index in [1.165, 1.54) is 6.07 Å². The van der Waals surface area contributed by atoms with E-state index < -0.39 is 15.6 Å². The van der Waals surface area contributed by atoms with Crippen molar-refractivity contribution >= 4 is 37.3 Å². The second kappa shape index (κ2) is 3.79. The SMILES string of the molecule is CC1(C)CC1(C#N)NS(=O)(=O)c1ccc(Br)s1. The van der Waals surface area contributed by atoms with Crippen molar-refractivity contribution in [1.29, 1.82) is 5.26 Å². The van der Waals surface area contributed by atoms with E-state index in [1.54, 1.807) is 6.07 Å². The van der Waals surface area contributed by atoms with Gasteiger partial charge in [-0.05, 0) is 34.5 Å². The first kappa shape index (κ1) is 13.0. The lowest BCUT2D eigenvalue weighted by atomic mass is 10.1. The molecule has 0 amide bonds. The van der Waals surface area contributed by atoms with Crippen molar-refractivity contribution in [1.82, 2.24) is 4.72 Å². The Morgan fingerprint density at radius 1 is 1.53 bits per heavy atom. The second-order valence-corrected chi connectivity index (χ2v) is 9.11. The van der Waals surface area contributed by atoms with Crippen LogP contribution in [0.3, 0.4) is 0 Å². The fourth-order valence-electron chi connectivity index (χ4n) is 1.73. The molecule has 0 bridgehead atoms. The first-order valence-electron chi connectivity index (χ1n) is 4.93. The number of halogens is 1. The molecule has 1 atom stereocenters. The van der Waals surface area contributed by atoms with Gasteiger partial charge in [-0.2, -0.15) is 9.98 Å². The van der Waals surface area contributed by atoms with Crippen molar-refractivity contribution in [2.75, 3.05) is 0 Å². The predicted molar refractivity (Wildman–Crippen MR) is 69.1 cm³/mol. The maximum atomic E-state index is 12.1. The van der Waals surface area contributed by atoms with Crippen molar-refractivity contribution in [2.45, 2.75) is 30.0 Å². The topological polar surface area (TPSA) is 70.0 Å². The fraction of sp³-hybridized carbons (Fsp3) is 0.500. The van der Waals surface area contributed by atoms with E-state index in [0.717, 1.165) is 15.1 Å². The van der Waals surface area contributed by atoms with Crippen LogP contribution in [0.15, 0.2) is 20.1 Å². The third-order valence-corrected chi connectivity index (χ3v) is 6.66. The van der Waals surface area contributed by atoms with Crippen molar-refractivity contribution in [2.24, 2.45) is 5.41 Å². The van der Waals surface area contributed by atoms with Crippen LogP contribution in [-0.2, 0) is 10.0 Å². The van der Waals surface area contributed by atoms with Crippen molar-refractivity contribution in [3.05, 3.63) is 15.9 Å². The summed E-state index contributed by atoms with van der Waals surface area (Å²) in [7, 11) is -3.60. The van der Waals surface area contributed by atoms with Crippen LogP contribution in [0, 0.1) is 16.7 Å². The van der Waals surface area contributed by atoms with Crippen LogP contribution in [-0.4, -0.2) is 14.0 Å². The zero-order chi connectivity index (χ0) is 12.9. The van der Waals surface area contributed by atoms with Crippen LogP contribution in [0.2, 0.25) is 0 Å². The Hall–Kier alpha value is -0.420. The van der Waals surface area contributed by atoms with E-state index in [-0.39, 0.29) is 9.62 Å². The molecule has 1 heterocycles. The summed E-state index contributed by atoms with van der Waals surface area (Å²) in [6, 6.07) is 5.28. The average molecular weight is 335 g/mol. The van der Waals surface area contributed by atoms with Gasteiger partial charge in [0.05, 0.1) is 9.86 Å². The molecule has 1 saturated carbocycles.